The third-order valence-corrected chi connectivity index (χ3v) is 4.58. The van der Waals surface area contributed by atoms with Gasteiger partial charge in [-0.3, -0.25) is 4.90 Å². The molecule has 21 heavy (non-hydrogen) atoms. The molecule has 1 N–H and O–H groups in total. The number of rotatable bonds is 4. The van der Waals surface area contributed by atoms with Crippen molar-refractivity contribution in [1.82, 2.24) is 9.88 Å². The van der Waals surface area contributed by atoms with Crippen LogP contribution in [0.2, 0.25) is 0 Å². The Hall–Kier alpha value is -1.61. The first-order chi connectivity index (χ1) is 10.1. The summed E-state index contributed by atoms with van der Waals surface area (Å²) in [5.41, 5.74) is 2.68. The Morgan fingerprint density at radius 2 is 2.10 bits per heavy atom. The highest BCUT2D eigenvalue weighted by Gasteiger charge is 2.32. The zero-order valence-electron chi connectivity index (χ0n) is 13.3. The number of nitrogens with one attached hydrogen (secondary N) is 1. The number of para-hydroxylation sites is 1. The van der Waals surface area contributed by atoms with Gasteiger partial charge in [0.25, 0.3) is 0 Å². The van der Waals surface area contributed by atoms with Gasteiger partial charge in [-0.05, 0) is 52.3 Å². The van der Waals surface area contributed by atoms with Crippen LogP contribution < -0.4 is 5.32 Å². The molecule has 0 amide bonds. The van der Waals surface area contributed by atoms with E-state index in [1.165, 1.54) is 30.3 Å². The van der Waals surface area contributed by atoms with Crippen molar-refractivity contribution in [3.8, 4) is 0 Å². The number of anilines is 1. The Labute approximate surface area is 127 Å². The van der Waals surface area contributed by atoms with Gasteiger partial charge in [0.2, 0.25) is 0 Å². The molecule has 3 heteroatoms. The standard InChI is InChI=1S/C18H25N3/c1-4-19-17-15(13-21-11-7-10-18(21,2)3)12-14-8-5-6-9-16(14)20-17/h5-6,8-9,12H,4,7,10-11,13H2,1-3H3,(H,19,20). The van der Waals surface area contributed by atoms with Crippen LogP contribution in [0.3, 0.4) is 0 Å². The minimum atomic E-state index is 0.301. The second-order valence-corrected chi connectivity index (χ2v) is 6.56. The summed E-state index contributed by atoms with van der Waals surface area (Å²) in [4.78, 5) is 7.40. The fourth-order valence-corrected chi connectivity index (χ4v) is 3.26. The largest absolute Gasteiger partial charge is 0.370 e. The second kappa shape index (κ2) is 5.64. The van der Waals surface area contributed by atoms with Gasteiger partial charge in [-0.15, -0.1) is 0 Å². The molecule has 1 aliphatic rings. The SMILES string of the molecule is CCNc1nc2ccccc2cc1CN1CCCC1(C)C. The number of fused-ring (bicyclic) bond motifs is 1. The van der Waals surface area contributed by atoms with Crippen molar-refractivity contribution >= 4 is 16.7 Å². The lowest BCUT2D eigenvalue weighted by Crippen LogP contribution is -2.37. The van der Waals surface area contributed by atoms with E-state index >= 15 is 0 Å². The van der Waals surface area contributed by atoms with Crippen LogP contribution >= 0.6 is 0 Å². The predicted molar refractivity (Wildman–Crippen MR) is 89.6 cm³/mol. The summed E-state index contributed by atoms with van der Waals surface area (Å²) in [7, 11) is 0. The van der Waals surface area contributed by atoms with Crippen LogP contribution in [0.5, 0.6) is 0 Å². The number of pyridine rings is 1. The van der Waals surface area contributed by atoms with E-state index < -0.39 is 0 Å². The Balaban J connectivity index is 1.97. The molecule has 1 fully saturated rings. The van der Waals surface area contributed by atoms with Crippen molar-refractivity contribution < 1.29 is 0 Å². The lowest BCUT2D eigenvalue weighted by atomic mass is 10.0. The average Bonchev–Trinajstić information content (AvgIpc) is 2.79. The van der Waals surface area contributed by atoms with E-state index in [9.17, 15) is 0 Å². The quantitative estimate of drug-likeness (QED) is 0.918. The summed E-state index contributed by atoms with van der Waals surface area (Å²) in [6.07, 6.45) is 2.58. The Kier molecular flexibility index (Phi) is 3.85. The van der Waals surface area contributed by atoms with Crippen molar-refractivity contribution in [2.45, 2.75) is 45.7 Å². The molecule has 0 bridgehead atoms. The van der Waals surface area contributed by atoms with Crippen molar-refractivity contribution in [2.24, 2.45) is 0 Å². The molecule has 2 aromatic rings. The first-order valence-corrected chi connectivity index (χ1v) is 7.98. The highest BCUT2D eigenvalue weighted by Crippen LogP contribution is 2.31. The molecule has 0 unspecified atom stereocenters. The van der Waals surface area contributed by atoms with E-state index in [-0.39, 0.29) is 0 Å². The van der Waals surface area contributed by atoms with Gasteiger partial charge in [-0.1, -0.05) is 18.2 Å². The topological polar surface area (TPSA) is 28.2 Å². The average molecular weight is 283 g/mol. The lowest BCUT2D eigenvalue weighted by Gasteiger charge is -2.32. The van der Waals surface area contributed by atoms with E-state index in [1.807, 2.05) is 6.07 Å². The van der Waals surface area contributed by atoms with Crippen molar-refractivity contribution in [1.29, 1.82) is 0 Å². The van der Waals surface area contributed by atoms with Crippen molar-refractivity contribution in [3.05, 3.63) is 35.9 Å². The number of nitrogens with zero attached hydrogens (tertiary/aromatic N) is 2. The van der Waals surface area contributed by atoms with Gasteiger partial charge in [0.05, 0.1) is 5.52 Å². The van der Waals surface area contributed by atoms with Crippen LogP contribution in [0.25, 0.3) is 10.9 Å². The first-order valence-electron chi connectivity index (χ1n) is 7.98. The van der Waals surface area contributed by atoms with Gasteiger partial charge in [0.1, 0.15) is 5.82 Å². The fourth-order valence-electron chi connectivity index (χ4n) is 3.26. The van der Waals surface area contributed by atoms with Crippen molar-refractivity contribution in [3.63, 3.8) is 0 Å². The first kappa shape index (κ1) is 14.3. The van der Waals surface area contributed by atoms with E-state index in [1.54, 1.807) is 0 Å². The van der Waals surface area contributed by atoms with Gasteiger partial charge in [-0.2, -0.15) is 0 Å². The molecule has 0 aliphatic carbocycles. The molecule has 2 heterocycles. The van der Waals surface area contributed by atoms with Gasteiger partial charge in [0.15, 0.2) is 0 Å². The van der Waals surface area contributed by atoms with Gasteiger partial charge in [0, 0.05) is 29.6 Å². The van der Waals surface area contributed by atoms with E-state index in [2.05, 4.69) is 55.3 Å². The molecule has 0 saturated carbocycles. The van der Waals surface area contributed by atoms with Crippen LogP contribution in [0.1, 0.15) is 39.2 Å². The molecule has 3 rings (SSSR count). The molecule has 1 aromatic carbocycles. The lowest BCUT2D eigenvalue weighted by molar-refractivity contribution is 0.167. The van der Waals surface area contributed by atoms with Crippen LogP contribution in [0.15, 0.2) is 30.3 Å². The van der Waals surface area contributed by atoms with Gasteiger partial charge < -0.3 is 5.32 Å². The highest BCUT2D eigenvalue weighted by molar-refractivity contribution is 5.81. The Morgan fingerprint density at radius 1 is 1.29 bits per heavy atom. The molecule has 112 valence electrons. The zero-order chi connectivity index (χ0) is 14.9. The summed E-state index contributed by atoms with van der Waals surface area (Å²) >= 11 is 0. The maximum Gasteiger partial charge on any atom is 0.131 e. The molecular weight excluding hydrogens is 258 g/mol. The highest BCUT2D eigenvalue weighted by atomic mass is 15.2. The monoisotopic (exact) mass is 283 g/mol. The zero-order valence-corrected chi connectivity index (χ0v) is 13.3. The number of hydrogen-bond donors (Lipinski definition) is 1. The Bertz CT molecular complexity index is 633. The van der Waals surface area contributed by atoms with E-state index in [0.29, 0.717) is 5.54 Å². The molecule has 0 spiro atoms. The molecule has 1 aromatic heterocycles. The van der Waals surface area contributed by atoms with E-state index in [4.69, 9.17) is 4.98 Å². The maximum atomic E-state index is 4.82. The number of likely N-dealkylation sites (tertiary alicyclic amines) is 1. The molecule has 1 aliphatic heterocycles. The van der Waals surface area contributed by atoms with Gasteiger partial charge in [-0.25, -0.2) is 4.98 Å². The second-order valence-electron chi connectivity index (χ2n) is 6.56. The summed E-state index contributed by atoms with van der Waals surface area (Å²) in [5, 5.41) is 4.66. The fraction of sp³-hybridized carbons (Fsp3) is 0.500. The molecule has 0 radical (unpaired) electrons. The molecule has 3 nitrogen and oxygen atoms in total. The predicted octanol–water partition coefficient (Wildman–Crippen LogP) is 4.04. The van der Waals surface area contributed by atoms with Crippen LogP contribution in [0, 0.1) is 0 Å². The van der Waals surface area contributed by atoms with Gasteiger partial charge >= 0.3 is 0 Å². The molecule has 1 saturated heterocycles. The van der Waals surface area contributed by atoms with Crippen molar-refractivity contribution in [2.75, 3.05) is 18.4 Å². The van der Waals surface area contributed by atoms with Crippen LogP contribution in [-0.2, 0) is 6.54 Å². The summed E-state index contributed by atoms with van der Waals surface area (Å²) in [5.74, 6) is 1.04. The summed E-state index contributed by atoms with van der Waals surface area (Å²) in [6.45, 7) is 9.89. The van der Waals surface area contributed by atoms with E-state index in [0.717, 1.165) is 24.4 Å². The van der Waals surface area contributed by atoms with Crippen LogP contribution in [0.4, 0.5) is 5.82 Å². The Morgan fingerprint density at radius 3 is 2.81 bits per heavy atom. The number of aromatic nitrogens is 1. The van der Waals surface area contributed by atoms with Crippen LogP contribution in [-0.4, -0.2) is 28.5 Å². The maximum absolute atomic E-state index is 4.82. The summed E-state index contributed by atoms with van der Waals surface area (Å²) in [6, 6.07) is 10.7. The third kappa shape index (κ3) is 2.88. The normalized spacial score (nSPS) is 18.2. The number of benzene rings is 1. The molecular formula is C18H25N3. The number of hydrogen-bond acceptors (Lipinski definition) is 3. The minimum absolute atomic E-state index is 0.301. The molecule has 0 atom stereocenters. The smallest absolute Gasteiger partial charge is 0.131 e. The minimum Gasteiger partial charge on any atom is -0.370 e. The third-order valence-electron chi connectivity index (χ3n) is 4.58. The summed E-state index contributed by atoms with van der Waals surface area (Å²) < 4.78 is 0.